The molecule has 1 aliphatic heterocycles. The number of benzene rings is 1. The lowest BCUT2D eigenvalue weighted by Gasteiger charge is -2.06. The molecule has 0 unspecified atom stereocenters. The van der Waals surface area contributed by atoms with Gasteiger partial charge in [-0.3, -0.25) is 0 Å². The van der Waals surface area contributed by atoms with Gasteiger partial charge in [0.2, 0.25) is 0 Å². The molecule has 2 heterocycles. The van der Waals surface area contributed by atoms with Crippen molar-refractivity contribution in [1.29, 1.82) is 0 Å². The third-order valence-corrected chi connectivity index (χ3v) is 2.88. The van der Waals surface area contributed by atoms with Crippen molar-refractivity contribution in [3.63, 3.8) is 0 Å². The Morgan fingerprint density at radius 3 is 2.85 bits per heavy atom. The number of rotatable bonds is 0. The molecule has 13 heavy (non-hydrogen) atoms. The number of aromatic nitrogens is 1. The lowest BCUT2D eigenvalue weighted by Crippen LogP contribution is -1.97. The molecular weight excluding hydrogens is 158 g/mol. The average Bonchev–Trinajstić information content (AvgIpc) is 2.72. The van der Waals surface area contributed by atoms with E-state index in [2.05, 4.69) is 54.1 Å². The van der Waals surface area contributed by atoms with Crippen molar-refractivity contribution in [1.82, 2.24) is 4.57 Å². The second-order valence-corrected chi connectivity index (χ2v) is 3.56. The van der Waals surface area contributed by atoms with Crippen LogP contribution in [0.3, 0.4) is 0 Å². The molecule has 64 valence electrons. The Morgan fingerprint density at radius 1 is 1.08 bits per heavy atom. The van der Waals surface area contributed by atoms with Crippen LogP contribution in [0.1, 0.15) is 18.5 Å². The SMILES string of the molecule is C[C@H]1c2ccccc2-c2cccn21. The van der Waals surface area contributed by atoms with Gasteiger partial charge < -0.3 is 4.57 Å². The van der Waals surface area contributed by atoms with E-state index in [-0.39, 0.29) is 0 Å². The zero-order valence-electron chi connectivity index (χ0n) is 7.57. The summed E-state index contributed by atoms with van der Waals surface area (Å²) in [5.74, 6) is 0. The predicted molar refractivity (Wildman–Crippen MR) is 53.7 cm³/mol. The molecule has 3 rings (SSSR count). The van der Waals surface area contributed by atoms with Gasteiger partial charge in [-0.05, 0) is 24.6 Å². The Bertz CT molecular complexity index is 454. The smallest absolute Gasteiger partial charge is 0.0564 e. The minimum absolute atomic E-state index is 0.501. The van der Waals surface area contributed by atoms with Gasteiger partial charge in [-0.2, -0.15) is 0 Å². The first kappa shape index (κ1) is 6.96. The molecule has 0 fully saturated rings. The first-order valence-corrected chi connectivity index (χ1v) is 4.64. The van der Waals surface area contributed by atoms with Crippen LogP contribution in [0.2, 0.25) is 0 Å². The Balaban J connectivity index is 2.37. The predicted octanol–water partition coefficient (Wildman–Crippen LogP) is 3.08. The minimum atomic E-state index is 0.501. The fourth-order valence-corrected chi connectivity index (χ4v) is 2.20. The Hall–Kier alpha value is -1.50. The molecule has 1 aliphatic rings. The topological polar surface area (TPSA) is 4.93 Å². The summed E-state index contributed by atoms with van der Waals surface area (Å²) >= 11 is 0. The Kier molecular flexibility index (Phi) is 1.21. The van der Waals surface area contributed by atoms with E-state index in [9.17, 15) is 0 Å². The van der Waals surface area contributed by atoms with Crippen LogP contribution in [0.5, 0.6) is 0 Å². The van der Waals surface area contributed by atoms with E-state index in [1.54, 1.807) is 0 Å². The fraction of sp³-hybridized carbons (Fsp3) is 0.167. The molecule has 0 radical (unpaired) electrons. The van der Waals surface area contributed by atoms with E-state index in [1.807, 2.05) is 0 Å². The van der Waals surface area contributed by atoms with Crippen molar-refractivity contribution >= 4 is 0 Å². The van der Waals surface area contributed by atoms with Gasteiger partial charge >= 0.3 is 0 Å². The van der Waals surface area contributed by atoms with Gasteiger partial charge in [0.25, 0.3) is 0 Å². The number of fused-ring (bicyclic) bond motifs is 3. The van der Waals surface area contributed by atoms with Gasteiger partial charge in [0.15, 0.2) is 0 Å². The first-order valence-electron chi connectivity index (χ1n) is 4.64. The molecule has 2 aromatic rings. The van der Waals surface area contributed by atoms with Gasteiger partial charge in [-0.25, -0.2) is 0 Å². The van der Waals surface area contributed by atoms with Crippen molar-refractivity contribution in [3.8, 4) is 11.3 Å². The standard InChI is InChI=1S/C12H11N/c1-9-10-5-2-3-6-11(10)12-7-4-8-13(9)12/h2-9H,1H3/t9-/m0/s1. The lowest BCUT2D eigenvalue weighted by atomic mass is 10.0. The first-order chi connectivity index (χ1) is 6.38. The molecule has 1 nitrogen and oxygen atoms in total. The van der Waals surface area contributed by atoms with Crippen molar-refractivity contribution in [2.75, 3.05) is 0 Å². The van der Waals surface area contributed by atoms with Crippen LogP contribution < -0.4 is 0 Å². The highest BCUT2D eigenvalue weighted by molar-refractivity contribution is 5.69. The maximum atomic E-state index is 2.32. The number of nitrogens with zero attached hydrogens (tertiary/aromatic N) is 1. The molecule has 1 atom stereocenters. The summed E-state index contributed by atoms with van der Waals surface area (Å²) in [5.41, 5.74) is 4.18. The maximum absolute atomic E-state index is 2.32. The van der Waals surface area contributed by atoms with Gasteiger partial charge in [-0.15, -0.1) is 0 Å². The van der Waals surface area contributed by atoms with Crippen LogP contribution in [-0.4, -0.2) is 4.57 Å². The zero-order chi connectivity index (χ0) is 8.84. The highest BCUT2D eigenvalue weighted by Crippen LogP contribution is 2.38. The second kappa shape index (κ2) is 2.25. The third-order valence-electron chi connectivity index (χ3n) is 2.88. The second-order valence-electron chi connectivity index (χ2n) is 3.56. The summed E-state index contributed by atoms with van der Waals surface area (Å²) in [6.07, 6.45) is 2.15. The molecule has 0 saturated heterocycles. The van der Waals surface area contributed by atoms with Gasteiger partial charge in [0.1, 0.15) is 0 Å². The monoisotopic (exact) mass is 169 g/mol. The summed E-state index contributed by atoms with van der Waals surface area (Å²) in [5, 5.41) is 0. The van der Waals surface area contributed by atoms with E-state index in [0.717, 1.165) is 0 Å². The third kappa shape index (κ3) is 0.765. The van der Waals surface area contributed by atoms with Crippen LogP contribution in [-0.2, 0) is 0 Å². The van der Waals surface area contributed by atoms with Gasteiger partial charge in [0.05, 0.1) is 6.04 Å². The Labute approximate surface area is 77.6 Å². The minimum Gasteiger partial charge on any atom is -0.340 e. The van der Waals surface area contributed by atoms with Gasteiger partial charge in [-0.1, -0.05) is 24.3 Å². The summed E-state index contributed by atoms with van der Waals surface area (Å²) in [4.78, 5) is 0. The van der Waals surface area contributed by atoms with Crippen LogP contribution in [0.4, 0.5) is 0 Å². The number of hydrogen-bond donors (Lipinski definition) is 0. The molecule has 1 heteroatoms. The summed E-state index contributed by atoms with van der Waals surface area (Å²) < 4.78 is 2.32. The Morgan fingerprint density at radius 2 is 1.92 bits per heavy atom. The molecule has 0 saturated carbocycles. The molecule has 1 aromatic heterocycles. The molecule has 0 bridgehead atoms. The fourth-order valence-electron chi connectivity index (χ4n) is 2.20. The molecule has 0 N–H and O–H groups in total. The quantitative estimate of drug-likeness (QED) is 0.571. The van der Waals surface area contributed by atoms with Crippen LogP contribution in [0.15, 0.2) is 42.6 Å². The highest BCUT2D eigenvalue weighted by atomic mass is 15.0. The van der Waals surface area contributed by atoms with E-state index in [4.69, 9.17) is 0 Å². The molecule has 0 amide bonds. The van der Waals surface area contributed by atoms with Crippen molar-refractivity contribution in [3.05, 3.63) is 48.2 Å². The van der Waals surface area contributed by atoms with Crippen LogP contribution in [0, 0.1) is 0 Å². The van der Waals surface area contributed by atoms with E-state index < -0.39 is 0 Å². The van der Waals surface area contributed by atoms with Crippen molar-refractivity contribution in [2.24, 2.45) is 0 Å². The number of hydrogen-bond acceptors (Lipinski definition) is 0. The highest BCUT2D eigenvalue weighted by Gasteiger charge is 2.22. The molecule has 0 spiro atoms. The van der Waals surface area contributed by atoms with Crippen molar-refractivity contribution < 1.29 is 0 Å². The summed E-state index contributed by atoms with van der Waals surface area (Å²) in [7, 11) is 0. The van der Waals surface area contributed by atoms with Gasteiger partial charge in [0, 0.05) is 17.5 Å². The van der Waals surface area contributed by atoms with E-state index >= 15 is 0 Å². The van der Waals surface area contributed by atoms with Crippen molar-refractivity contribution in [2.45, 2.75) is 13.0 Å². The van der Waals surface area contributed by atoms with Crippen LogP contribution in [0.25, 0.3) is 11.3 Å². The molecule has 0 aliphatic carbocycles. The van der Waals surface area contributed by atoms with E-state index in [0.29, 0.717) is 6.04 Å². The zero-order valence-corrected chi connectivity index (χ0v) is 7.57. The normalized spacial score (nSPS) is 18.4. The maximum Gasteiger partial charge on any atom is 0.0564 e. The molecular formula is C12H11N. The summed E-state index contributed by atoms with van der Waals surface area (Å²) in [6.45, 7) is 2.25. The average molecular weight is 169 g/mol. The lowest BCUT2D eigenvalue weighted by molar-refractivity contribution is 0.678. The molecule has 1 aromatic carbocycles. The van der Waals surface area contributed by atoms with Crippen LogP contribution >= 0.6 is 0 Å². The van der Waals surface area contributed by atoms with E-state index in [1.165, 1.54) is 16.8 Å². The largest absolute Gasteiger partial charge is 0.340 e. The summed E-state index contributed by atoms with van der Waals surface area (Å²) in [6, 6.07) is 13.4.